The second-order valence-corrected chi connectivity index (χ2v) is 7.35. The summed E-state index contributed by atoms with van der Waals surface area (Å²) < 4.78 is 2.10. The molecule has 0 radical (unpaired) electrons. The van der Waals surface area contributed by atoms with Crippen LogP contribution in [-0.2, 0) is 6.42 Å². The van der Waals surface area contributed by atoms with E-state index in [0.29, 0.717) is 21.6 Å². The van der Waals surface area contributed by atoms with Crippen molar-refractivity contribution < 1.29 is 4.79 Å². The maximum atomic E-state index is 12.8. The fraction of sp³-hybridized carbons (Fsp3) is 0.474. The SMILES string of the molecule is CCc1nc2c(n1C(CC)CC)C(=O)NC(C)N2c1ccc(Cl)cc1Cl. The van der Waals surface area contributed by atoms with Crippen molar-refractivity contribution in [3.63, 3.8) is 0 Å². The van der Waals surface area contributed by atoms with E-state index in [1.54, 1.807) is 12.1 Å². The predicted octanol–water partition coefficient (Wildman–Crippen LogP) is 5.34. The van der Waals surface area contributed by atoms with Gasteiger partial charge >= 0.3 is 0 Å². The molecule has 0 aliphatic carbocycles. The molecular weight excluding hydrogens is 371 g/mol. The van der Waals surface area contributed by atoms with Gasteiger partial charge in [-0.05, 0) is 38.0 Å². The first-order chi connectivity index (χ1) is 12.4. The number of imidazole rings is 1. The molecule has 26 heavy (non-hydrogen) atoms. The quantitative estimate of drug-likeness (QED) is 0.743. The van der Waals surface area contributed by atoms with E-state index < -0.39 is 0 Å². The van der Waals surface area contributed by atoms with Crippen molar-refractivity contribution in [2.45, 2.75) is 59.2 Å². The molecule has 2 heterocycles. The highest BCUT2D eigenvalue weighted by molar-refractivity contribution is 6.36. The molecule has 1 atom stereocenters. The van der Waals surface area contributed by atoms with Crippen LogP contribution in [0.5, 0.6) is 0 Å². The van der Waals surface area contributed by atoms with Gasteiger partial charge in [0.2, 0.25) is 0 Å². The molecule has 0 bridgehead atoms. The molecule has 1 aliphatic heterocycles. The van der Waals surface area contributed by atoms with E-state index in [1.165, 1.54) is 0 Å². The summed E-state index contributed by atoms with van der Waals surface area (Å²) in [6.45, 7) is 8.26. The third-order valence-electron chi connectivity index (χ3n) is 4.93. The van der Waals surface area contributed by atoms with Crippen molar-refractivity contribution in [1.82, 2.24) is 14.9 Å². The number of nitrogens with zero attached hydrogens (tertiary/aromatic N) is 3. The first-order valence-electron chi connectivity index (χ1n) is 9.09. The second-order valence-electron chi connectivity index (χ2n) is 6.51. The number of carbonyl (C=O) groups is 1. The maximum Gasteiger partial charge on any atom is 0.273 e. The van der Waals surface area contributed by atoms with Crippen LogP contribution < -0.4 is 10.2 Å². The van der Waals surface area contributed by atoms with Crippen molar-refractivity contribution in [3.8, 4) is 0 Å². The Kier molecular flexibility index (Phi) is 5.49. The van der Waals surface area contributed by atoms with E-state index in [1.807, 2.05) is 17.9 Å². The monoisotopic (exact) mass is 394 g/mol. The fourth-order valence-electron chi connectivity index (χ4n) is 3.65. The Balaban J connectivity index is 2.23. The van der Waals surface area contributed by atoms with Crippen LogP contribution in [0.1, 0.15) is 62.9 Å². The molecule has 1 unspecified atom stereocenters. The summed E-state index contributed by atoms with van der Waals surface area (Å²) in [6.07, 6.45) is 2.38. The first kappa shape index (κ1) is 19.1. The number of aryl methyl sites for hydroxylation is 1. The third kappa shape index (κ3) is 3.08. The number of carbonyl (C=O) groups excluding carboxylic acids is 1. The molecule has 0 spiro atoms. The average molecular weight is 395 g/mol. The van der Waals surface area contributed by atoms with Gasteiger partial charge in [0.1, 0.15) is 12.0 Å². The number of nitrogens with one attached hydrogen (secondary N) is 1. The lowest BCUT2D eigenvalue weighted by atomic mass is 10.1. The zero-order valence-corrected chi connectivity index (χ0v) is 17.0. The van der Waals surface area contributed by atoms with Gasteiger partial charge in [-0.2, -0.15) is 0 Å². The molecule has 140 valence electrons. The highest BCUT2D eigenvalue weighted by Crippen LogP contribution is 2.39. The lowest BCUT2D eigenvalue weighted by molar-refractivity contribution is 0.0920. The van der Waals surface area contributed by atoms with Crippen LogP contribution in [0.3, 0.4) is 0 Å². The Hall–Kier alpha value is -1.72. The molecular formula is C19H24Cl2N4O. The Morgan fingerprint density at radius 3 is 2.50 bits per heavy atom. The van der Waals surface area contributed by atoms with Gasteiger partial charge < -0.3 is 14.8 Å². The molecule has 3 rings (SSSR count). The van der Waals surface area contributed by atoms with Gasteiger partial charge in [0.05, 0.1) is 10.7 Å². The van der Waals surface area contributed by atoms with Crippen LogP contribution in [0.4, 0.5) is 11.5 Å². The molecule has 1 aromatic heterocycles. The Labute approximate surface area is 164 Å². The molecule has 1 aliphatic rings. The molecule has 1 amide bonds. The molecule has 1 N–H and O–H groups in total. The number of hydrogen-bond donors (Lipinski definition) is 1. The van der Waals surface area contributed by atoms with Gasteiger partial charge in [-0.1, -0.05) is 44.0 Å². The normalized spacial score (nSPS) is 16.8. The lowest BCUT2D eigenvalue weighted by Gasteiger charge is -2.35. The van der Waals surface area contributed by atoms with Gasteiger partial charge in [0.15, 0.2) is 11.5 Å². The van der Waals surface area contributed by atoms with Crippen LogP contribution in [0.25, 0.3) is 0 Å². The number of aromatic nitrogens is 2. The smallest absolute Gasteiger partial charge is 0.273 e. The second kappa shape index (κ2) is 7.49. The van der Waals surface area contributed by atoms with Gasteiger partial charge in [-0.15, -0.1) is 0 Å². The highest BCUT2D eigenvalue weighted by Gasteiger charge is 2.37. The topological polar surface area (TPSA) is 50.2 Å². The third-order valence-corrected chi connectivity index (χ3v) is 5.47. The molecule has 0 fully saturated rings. The van der Waals surface area contributed by atoms with Gasteiger partial charge in [-0.3, -0.25) is 4.79 Å². The van der Waals surface area contributed by atoms with E-state index in [4.69, 9.17) is 28.2 Å². The Bertz CT molecular complexity index is 829. The number of rotatable bonds is 5. The highest BCUT2D eigenvalue weighted by atomic mass is 35.5. The van der Waals surface area contributed by atoms with Crippen LogP contribution >= 0.6 is 23.2 Å². The summed E-state index contributed by atoms with van der Waals surface area (Å²) in [4.78, 5) is 19.7. The summed E-state index contributed by atoms with van der Waals surface area (Å²) >= 11 is 12.5. The Morgan fingerprint density at radius 2 is 1.92 bits per heavy atom. The average Bonchev–Trinajstić information content (AvgIpc) is 2.97. The minimum absolute atomic E-state index is 0.0899. The standard InChI is InChI=1S/C19H24Cl2N4O/c1-5-13(6-2)25-16(7-3)23-18-17(25)19(26)22-11(4)24(18)15-9-8-12(20)10-14(15)21/h8-11,13H,5-7H2,1-4H3,(H,22,26). The van der Waals surface area contributed by atoms with Crippen LogP contribution in [0.2, 0.25) is 10.0 Å². The molecule has 0 saturated carbocycles. The number of halogens is 2. The minimum Gasteiger partial charge on any atom is -0.330 e. The van der Waals surface area contributed by atoms with E-state index in [9.17, 15) is 4.79 Å². The zero-order valence-electron chi connectivity index (χ0n) is 15.5. The van der Waals surface area contributed by atoms with Gasteiger partial charge in [0, 0.05) is 17.5 Å². The van der Waals surface area contributed by atoms with Crippen molar-refractivity contribution >= 4 is 40.6 Å². The number of benzene rings is 1. The predicted molar refractivity (Wildman–Crippen MR) is 107 cm³/mol. The van der Waals surface area contributed by atoms with Crippen LogP contribution in [0, 0.1) is 0 Å². The largest absolute Gasteiger partial charge is 0.330 e. The van der Waals surface area contributed by atoms with Crippen molar-refractivity contribution in [2.75, 3.05) is 4.90 Å². The van der Waals surface area contributed by atoms with E-state index in [-0.39, 0.29) is 18.1 Å². The summed E-state index contributed by atoms with van der Waals surface area (Å²) in [5.74, 6) is 1.49. The summed E-state index contributed by atoms with van der Waals surface area (Å²) in [5, 5.41) is 4.14. The molecule has 5 nitrogen and oxygen atoms in total. The van der Waals surface area contributed by atoms with E-state index >= 15 is 0 Å². The molecule has 1 aromatic carbocycles. The van der Waals surface area contributed by atoms with Crippen molar-refractivity contribution in [2.24, 2.45) is 0 Å². The summed E-state index contributed by atoms with van der Waals surface area (Å²) in [7, 11) is 0. The van der Waals surface area contributed by atoms with Crippen LogP contribution in [-0.4, -0.2) is 21.6 Å². The van der Waals surface area contributed by atoms with Crippen molar-refractivity contribution in [1.29, 1.82) is 0 Å². The molecule has 2 aromatic rings. The number of amides is 1. The molecule has 0 saturated heterocycles. The Morgan fingerprint density at radius 1 is 1.23 bits per heavy atom. The molecule has 7 heteroatoms. The lowest BCUT2D eigenvalue weighted by Crippen LogP contribution is -2.49. The van der Waals surface area contributed by atoms with Gasteiger partial charge in [-0.25, -0.2) is 4.98 Å². The zero-order chi connectivity index (χ0) is 19.0. The summed E-state index contributed by atoms with van der Waals surface area (Å²) in [6, 6.07) is 5.61. The maximum absolute atomic E-state index is 12.8. The fourth-order valence-corrected chi connectivity index (χ4v) is 4.15. The summed E-state index contributed by atoms with van der Waals surface area (Å²) in [5.41, 5.74) is 1.39. The number of fused-ring (bicyclic) bond motifs is 1. The number of anilines is 2. The van der Waals surface area contributed by atoms with Crippen molar-refractivity contribution in [3.05, 3.63) is 39.8 Å². The van der Waals surface area contributed by atoms with E-state index in [0.717, 1.165) is 30.8 Å². The van der Waals surface area contributed by atoms with Crippen LogP contribution in [0.15, 0.2) is 18.2 Å². The minimum atomic E-state index is -0.261. The van der Waals surface area contributed by atoms with E-state index in [2.05, 4.69) is 30.7 Å². The number of hydrogen-bond acceptors (Lipinski definition) is 3. The first-order valence-corrected chi connectivity index (χ1v) is 9.84. The van der Waals surface area contributed by atoms with Gasteiger partial charge in [0.25, 0.3) is 5.91 Å².